The molecule has 4 heterocycles. The van der Waals surface area contributed by atoms with Crippen molar-refractivity contribution in [1.29, 1.82) is 0 Å². The fourth-order valence-corrected chi connectivity index (χ4v) is 4.25. The van der Waals surface area contributed by atoms with Crippen molar-refractivity contribution in [2.24, 2.45) is 5.73 Å². The first kappa shape index (κ1) is 18.9. The zero-order valence-corrected chi connectivity index (χ0v) is 16.6. The molecular formula is C17H26N6O3S. The standard InChI is InChI=1S/C17H26N6O3S/c1-17(2)25-12-10(7-27-3)24-16(13(12)26-17)23-9-22-11-14(19-6-4-5-18)20-8-21-15(11)23/h8-10,12-13,16H,4-7,18H2,1-3H3,(H,19,20,21)/t10-,12-,13-,16-/m1/s1. The van der Waals surface area contributed by atoms with Crippen molar-refractivity contribution >= 4 is 28.7 Å². The maximum Gasteiger partial charge on any atom is 0.167 e. The minimum absolute atomic E-state index is 0.0433. The van der Waals surface area contributed by atoms with Crippen LogP contribution in [0.1, 0.15) is 26.5 Å². The van der Waals surface area contributed by atoms with Gasteiger partial charge < -0.3 is 25.3 Å². The van der Waals surface area contributed by atoms with Crippen molar-refractivity contribution in [2.75, 3.05) is 30.4 Å². The molecule has 2 fully saturated rings. The summed E-state index contributed by atoms with van der Waals surface area (Å²) < 4.78 is 20.5. The average molecular weight is 395 g/mol. The molecule has 4 rings (SSSR count). The zero-order chi connectivity index (χ0) is 19.0. The first-order valence-electron chi connectivity index (χ1n) is 9.15. The number of hydrogen-bond donors (Lipinski definition) is 2. The van der Waals surface area contributed by atoms with Crippen LogP contribution in [-0.4, -0.2) is 68.7 Å². The van der Waals surface area contributed by atoms with Crippen LogP contribution < -0.4 is 11.1 Å². The number of thioether (sulfide) groups is 1. The highest BCUT2D eigenvalue weighted by Gasteiger charge is 2.55. The molecule has 0 saturated carbocycles. The molecule has 2 aliphatic rings. The van der Waals surface area contributed by atoms with Crippen molar-refractivity contribution in [3.63, 3.8) is 0 Å². The van der Waals surface area contributed by atoms with Gasteiger partial charge in [-0.25, -0.2) is 15.0 Å². The molecule has 2 aromatic heterocycles. The zero-order valence-electron chi connectivity index (χ0n) is 15.8. The van der Waals surface area contributed by atoms with Gasteiger partial charge in [0.1, 0.15) is 18.5 Å². The van der Waals surface area contributed by atoms with Gasteiger partial charge in [0.2, 0.25) is 0 Å². The van der Waals surface area contributed by atoms with Gasteiger partial charge in [-0.1, -0.05) is 0 Å². The van der Waals surface area contributed by atoms with Gasteiger partial charge in [0.25, 0.3) is 0 Å². The lowest BCUT2D eigenvalue weighted by Crippen LogP contribution is -2.31. The number of nitrogens with one attached hydrogen (secondary N) is 1. The molecule has 3 N–H and O–H groups in total. The summed E-state index contributed by atoms with van der Waals surface area (Å²) in [4.78, 5) is 13.3. The number of nitrogens with zero attached hydrogens (tertiary/aromatic N) is 4. The molecule has 10 heteroatoms. The van der Waals surface area contributed by atoms with Crippen LogP contribution in [0.15, 0.2) is 12.7 Å². The van der Waals surface area contributed by atoms with Crippen LogP contribution >= 0.6 is 11.8 Å². The molecular weight excluding hydrogens is 368 g/mol. The van der Waals surface area contributed by atoms with Crippen LogP contribution in [0.3, 0.4) is 0 Å². The molecule has 0 radical (unpaired) electrons. The Morgan fingerprint density at radius 2 is 2.07 bits per heavy atom. The van der Waals surface area contributed by atoms with Crippen molar-refractivity contribution in [1.82, 2.24) is 19.5 Å². The molecule has 0 unspecified atom stereocenters. The lowest BCUT2D eigenvalue weighted by molar-refractivity contribution is -0.193. The van der Waals surface area contributed by atoms with Crippen LogP contribution in [0.25, 0.3) is 11.2 Å². The third-order valence-electron chi connectivity index (χ3n) is 4.76. The van der Waals surface area contributed by atoms with E-state index >= 15 is 0 Å². The third-order valence-corrected chi connectivity index (χ3v) is 5.42. The van der Waals surface area contributed by atoms with E-state index in [0.29, 0.717) is 23.5 Å². The average Bonchev–Trinajstić information content (AvgIpc) is 3.28. The van der Waals surface area contributed by atoms with Gasteiger partial charge in [-0.05, 0) is 33.1 Å². The Labute approximate surface area is 162 Å². The summed E-state index contributed by atoms with van der Waals surface area (Å²) >= 11 is 1.73. The predicted octanol–water partition coefficient (Wildman–Crippen LogP) is 1.37. The number of hydrogen-bond acceptors (Lipinski definition) is 9. The van der Waals surface area contributed by atoms with Crippen molar-refractivity contribution in [3.8, 4) is 0 Å². The summed E-state index contributed by atoms with van der Waals surface area (Å²) in [6.45, 7) is 5.23. The second-order valence-electron chi connectivity index (χ2n) is 7.20. The second-order valence-corrected chi connectivity index (χ2v) is 8.11. The Morgan fingerprint density at radius 1 is 1.26 bits per heavy atom. The molecule has 0 aliphatic carbocycles. The number of fused-ring (bicyclic) bond motifs is 2. The molecule has 0 bridgehead atoms. The molecule has 27 heavy (non-hydrogen) atoms. The third kappa shape index (κ3) is 3.52. The normalized spacial score (nSPS) is 29.3. The van der Waals surface area contributed by atoms with Gasteiger partial charge in [-0.2, -0.15) is 11.8 Å². The van der Waals surface area contributed by atoms with E-state index in [0.717, 1.165) is 18.7 Å². The summed E-state index contributed by atoms with van der Waals surface area (Å²) in [5.74, 6) is 0.908. The molecule has 4 atom stereocenters. The Balaban J connectivity index is 1.64. The van der Waals surface area contributed by atoms with Crippen LogP contribution in [-0.2, 0) is 14.2 Å². The van der Waals surface area contributed by atoms with Crippen LogP contribution in [0, 0.1) is 0 Å². The first-order chi connectivity index (χ1) is 13.0. The minimum Gasteiger partial charge on any atom is -0.368 e. The highest BCUT2D eigenvalue weighted by molar-refractivity contribution is 7.98. The largest absolute Gasteiger partial charge is 0.368 e. The van der Waals surface area contributed by atoms with E-state index in [1.165, 1.54) is 6.33 Å². The fourth-order valence-electron chi connectivity index (χ4n) is 3.66. The number of imidazole rings is 1. The predicted molar refractivity (Wildman–Crippen MR) is 104 cm³/mol. The number of aromatic nitrogens is 4. The molecule has 0 amide bonds. The van der Waals surface area contributed by atoms with E-state index in [2.05, 4.69) is 26.5 Å². The molecule has 9 nitrogen and oxygen atoms in total. The van der Waals surface area contributed by atoms with Gasteiger partial charge in [0, 0.05) is 12.3 Å². The van der Waals surface area contributed by atoms with Crippen molar-refractivity contribution in [2.45, 2.75) is 50.6 Å². The summed E-state index contributed by atoms with van der Waals surface area (Å²) in [5.41, 5.74) is 6.98. The maximum absolute atomic E-state index is 6.31. The van der Waals surface area contributed by atoms with E-state index in [1.54, 1.807) is 18.1 Å². The van der Waals surface area contributed by atoms with Crippen molar-refractivity contribution in [3.05, 3.63) is 12.7 Å². The summed E-state index contributed by atoms with van der Waals surface area (Å²) in [6, 6.07) is 0. The van der Waals surface area contributed by atoms with Crippen LogP contribution in [0.2, 0.25) is 0 Å². The molecule has 148 valence electrons. The molecule has 2 saturated heterocycles. The van der Waals surface area contributed by atoms with Gasteiger partial charge >= 0.3 is 0 Å². The highest BCUT2D eigenvalue weighted by Crippen LogP contribution is 2.44. The lowest BCUT2D eigenvalue weighted by atomic mass is 10.1. The number of ether oxygens (including phenoxy) is 3. The molecule has 2 aromatic rings. The lowest BCUT2D eigenvalue weighted by Gasteiger charge is -2.24. The summed E-state index contributed by atoms with van der Waals surface area (Å²) in [7, 11) is 0. The summed E-state index contributed by atoms with van der Waals surface area (Å²) in [6.07, 6.45) is 5.49. The second kappa shape index (κ2) is 7.51. The van der Waals surface area contributed by atoms with Crippen molar-refractivity contribution < 1.29 is 14.2 Å². The monoisotopic (exact) mass is 394 g/mol. The smallest absolute Gasteiger partial charge is 0.167 e. The van der Waals surface area contributed by atoms with Crippen LogP contribution in [0.5, 0.6) is 0 Å². The van der Waals surface area contributed by atoms with Gasteiger partial charge in [-0.15, -0.1) is 0 Å². The van der Waals surface area contributed by atoms with Gasteiger partial charge in [0.05, 0.1) is 12.4 Å². The number of anilines is 1. The quantitative estimate of drug-likeness (QED) is 0.673. The minimum atomic E-state index is -0.631. The van der Waals surface area contributed by atoms with Crippen LogP contribution in [0.4, 0.5) is 5.82 Å². The maximum atomic E-state index is 6.31. The van der Waals surface area contributed by atoms with E-state index in [4.69, 9.17) is 19.9 Å². The Hall–Kier alpha value is -1.46. The number of rotatable bonds is 7. The Bertz CT molecular complexity index is 800. The van der Waals surface area contributed by atoms with E-state index in [9.17, 15) is 0 Å². The van der Waals surface area contributed by atoms with E-state index in [-0.39, 0.29) is 24.5 Å². The SMILES string of the molecule is CSC[C@H]1O[C@@H](n2cnc3c(NCCCN)ncnc32)[C@@H]2OC(C)(C)O[C@@H]21. The first-order valence-corrected chi connectivity index (χ1v) is 10.5. The fraction of sp³-hybridized carbons (Fsp3) is 0.706. The topological polar surface area (TPSA) is 109 Å². The highest BCUT2D eigenvalue weighted by atomic mass is 32.2. The van der Waals surface area contributed by atoms with Gasteiger partial charge in [0.15, 0.2) is 29.0 Å². The molecule has 0 spiro atoms. The Kier molecular flexibility index (Phi) is 5.26. The van der Waals surface area contributed by atoms with Gasteiger partial charge in [-0.3, -0.25) is 4.57 Å². The summed E-state index contributed by atoms with van der Waals surface area (Å²) in [5, 5.41) is 3.27. The van der Waals surface area contributed by atoms with E-state index < -0.39 is 5.79 Å². The van der Waals surface area contributed by atoms with E-state index in [1.807, 2.05) is 18.4 Å². The number of nitrogens with two attached hydrogens (primary N) is 1. The Morgan fingerprint density at radius 3 is 2.85 bits per heavy atom. The molecule has 0 aromatic carbocycles. The molecule has 2 aliphatic heterocycles.